The lowest BCUT2D eigenvalue weighted by Gasteiger charge is -2.27. The number of carbonyl (C=O) groups excluding carboxylic acids is 1. The first-order valence-corrected chi connectivity index (χ1v) is 11.1. The Morgan fingerprint density at radius 1 is 1.12 bits per heavy atom. The number of carbonyl (C=O) groups is 1. The van der Waals surface area contributed by atoms with E-state index >= 15 is 0 Å². The maximum atomic E-state index is 13.4. The number of amides is 1. The molecule has 168 valence electrons. The number of methoxy groups -OCH3 is 2. The zero-order chi connectivity index (χ0) is 22.8. The van der Waals surface area contributed by atoms with E-state index in [9.17, 15) is 4.79 Å². The van der Waals surface area contributed by atoms with E-state index in [-0.39, 0.29) is 11.9 Å². The molecule has 1 fully saturated rings. The number of rotatable bonds is 6. The minimum Gasteiger partial charge on any atom is -0.497 e. The number of hydrogen-bond acceptors (Lipinski definition) is 4. The second-order valence-corrected chi connectivity index (χ2v) is 8.50. The number of ether oxygens (including phenoxy) is 2. The van der Waals surface area contributed by atoms with Crippen LogP contribution in [-0.2, 0) is 11.2 Å². The van der Waals surface area contributed by atoms with Gasteiger partial charge in [0.25, 0.3) is 0 Å². The molecule has 3 aromatic rings. The van der Waals surface area contributed by atoms with Crippen LogP contribution in [0.5, 0.6) is 11.5 Å². The second-order valence-electron chi connectivity index (χ2n) is 8.07. The van der Waals surface area contributed by atoms with Gasteiger partial charge in [-0.3, -0.25) is 4.79 Å². The molecule has 1 saturated heterocycles. The van der Waals surface area contributed by atoms with Crippen LogP contribution in [0.1, 0.15) is 41.4 Å². The summed E-state index contributed by atoms with van der Waals surface area (Å²) in [7, 11) is 3.30. The number of benzene rings is 2. The van der Waals surface area contributed by atoms with Gasteiger partial charge in [-0.15, -0.1) is 0 Å². The fraction of sp³-hybridized carbons (Fsp3) is 0.360. The number of hydrogen-bond donors (Lipinski definition) is 0. The van der Waals surface area contributed by atoms with E-state index in [1.165, 1.54) is 0 Å². The summed E-state index contributed by atoms with van der Waals surface area (Å²) in [4.78, 5) is 15.4. The summed E-state index contributed by atoms with van der Waals surface area (Å²) in [6, 6.07) is 13.3. The Hall–Kier alpha value is -2.99. The Bertz CT molecular complexity index is 1120. The van der Waals surface area contributed by atoms with Crippen LogP contribution in [-0.4, -0.2) is 41.4 Å². The van der Waals surface area contributed by atoms with Gasteiger partial charge in [-0.25, -0.2) is 4.68 Å². The van der Waals surface area contributed by atoms with Crippen LogP contribution in [0.3, 0.4) is 0 Å². The smallest absolute Gasteiger partial charge is 0.227 e. The highest BCUT2D eigenvalue weighted by Gasteiger charge is 2.33. The molecule has 0 radical (unpaired) electrons. The highest BCUT2D eigenvalue weighted by Crippen LogP contribution is 2.39. The fourth-order valence-corrected chi connectivity index (χ4v) is 4.63. The van der Waals surface area contributed by atoms with Crippen molar-refractivity contribution in [3.8, 4) is 17.2 Å². The molecule has 1 amide bonds. The highest BCUT2D eigenvalue weighted by atomic mass is 35.5. The van der Waals surface area contributed by atoms with E-state index < -0.39 is 0 Å². The Labute approximate surface area is 193 Å². The van der Waals surface area contributed by atoms with Crippen molar-refractivity contribution in [3.63, 3.8) is 0 Å². The molecule has 1 atom stereocenters. The molecule has 1 aromatic heterocycles. The Morgan fingerprint density at radius 2 is 1.88 bits per heavy atom. The SMILES string of the molecule is COc1ccc(OC)c(C2CCCN2C(=O)Cc2c(C)nn(-c3ccc(Cl)cc3)c2C)c1. The lowest BCUT2D eigenvalue weighted by Crippen LogP contribution is -2.32. The topological polar surface area (TPSA) is 56.6 Å². The van der Waals surface area contributed by atoms with Crippen LogP contribution < -0.4 is 9.47 Å². The van der Waals surface area contributed by atoms with Crippen molar-refractivity contribution >= 4 is 17.5 Å². The van der Waals surface area contributed by atoms with E-state index in [1.807, 2.05) is 65.9 Å². The summed E-state index contributed by atoms with van der Waals surface area (Å²) < 4.78 is 12.9. The molecule has 6 nitrogen and oxygen atoms in total. The van der Waals surface area contributed by atoms with E-state index in [2.05, 4.69) is 5.10 Å². The maximum Gasteiger partial charge on any atom is 0.227 e. The summed E-state index contributed by atoms with van der Waals surface area (Å²) in [6.45, 7) is 4.69. The summed E-state index contributed by atoms with van der Waals surface area (Å²) in [5.74, 6) is 1.63. The zero-order valence-corrected chi connectivity index (χ0v) is 19.6. The molecule has 1 unspecified atom stereocenters. The molecule has 0 aliphatic carbocycles. The maximum absolute atomic E-state index is 13.4. The molecule has 2 aromatic carbocycles. The monoisotopic (exact) mass is 453 g/mol. The minimum absolute atomic E-state index is 0.0283. The highest BCUT2D eigenvalue weighted by molar-refractivity contribution is 6.30. The predicted molar refractivity (Wildman–Crippen MR) is 125 cm³/mol. The van der Waals surface area contributed by atoms with Crippen LogP contribution in [0.4, 0.5) is 0 Å². The Morgan fingerprint density at radius 3 is 2.56 bits per heavy atom. The number of aromatic nitrogens is 2. The molecule has 0 spiro atoms. The Balaban J connectivity index is 1.60. The molecular formula is C25H28ClN3O3. The molecule has 1 aliphatic heterocycles. The van der Waals surface area contributed by atoms with Crippen molar-refractivity contribution in [1.82, 2.24) is 14.7 Å². The van der Waals surface area contributed by atoms with E-state index in [0.29, 0.717) is 11.4 Å². The third kappa shape index (κ3) is 4.19. The molecule has 0 bridgehead atoms. The second kappa shape index (κ2) is 9.25. The van der Waals surface area contributed by atoms with E-state index in [0.717, 1.165) is 59.1 Å². The van der Waals surface area contributed by atoms with Gasteiger partial charge in [0.2, 0.25) is 5.91 Å². The molecule has 7 heteroatoms. The zero-order valence-electron chi connectivity index (χ0n) is 18.9. The first-order chi connectivity index (χ1) is 15.4. The van der Waals surface area contributed by atoms with Crippen molar-refractivity contribution in [2.75, 3.05) is 20.8 Å². The van der Waals surface area contributed by atoms with Gasteiger partial charge in [0.05, 0.1) is 38.1 Å². The van der Waals surface area contributed by atoms with Crippen LogP contribution in [0.25, 0.3) is 5.69 Å². The van der Waals surface area contributed by atoms with Gasteiger partial charge in [-0.05, 0) is 69.2 Å². The van der Waals surface area contributed by atoms with Crippen molar-refractivity contribution in [3.05, 3.63) is 70.0 Å². The average Bonchev–Trinajstić information content (AvgIpc) is 3.40. The summed E-state index contributed by atoms with van der Waals surface area (Å²) in [5.41, 5.74) is 4.71. The molecule has 0 N–H and O–H groups in total. The number of likely N-dealkylation sites (tertiary alicyclic amines) is 1. The van der Waals surface area contributed by atoms with Crippen molar-refractivity contribution in [2.24, 2.45) is 0 Å². The van der Waals surface area contributed by atoms with Gasteiger partial charge in [-0.2, -0.15) is 5.10 Å². The van der Waals surface area contributed by atoms with Gasteiger partial charge in [0.15, 0.2) is 0 Å². The molecule has 4 rings (SSSR count). The number of aryl methyl sites for hydroxylation is 1. The van der Waals surface area contributed by atoms with Crippen LogP contribution in [0, 0.1) is 13.8 Å². The molecule has 1 aliphatic rings. The predicted octanol–water partition coefficient (Wildman–Crippen LogP) is 5.07. The first-order valence-electron chi connectivity index (χ1n) is 10.8. The van der Waals surface area contributed by atoms with Crippen molar-refractivity contribution < 1.29 is 14.3 Å². The molecule has 32 heavy (non-hydrogen) atoms. The molecule has 0 saturated carbocycles. The van der Waals surface area contributed by atoms with Gasteiger partial charge in [0.1, 0.15) is 11.5 Å². The average molecular weight is 454 g/mol. The Kier molecular flexibility index (Phi) is 6.42. The molecular weight excluding hydrogens is 426 g/mol. The lowest BCUT2D eigenvalue weighted by molar-refractivity contribution is -0.131. The van der Waals surface area contributed by atoms with Crippen LogP contribution in [0.2, 0.25) is 5.02 Å². The van der Waals surface area contributed by atoms with Gasteiger partial charge in [0, 0.05) is 28.4 Å². The number of halogens is 1. The third-order valence-electron chi connectivity index (χ3n) is 6.21. The standard InChI is InChI=1S/C25H28ClN3O3/c1-16-21(17(2)29(27-16)19-9-7-18(26)8-10-19)15-25(30)28-13-5-6-23(28)22-14-20(31-3)11-12-24(22)32-4/h7-12,14,23H,5-6,13,15H2,1-4H3. The van der Waals surface area contributed by atoms with Gasteiger partial charge < -0.3 is 14.4 Å². The number of nitrogens with zero attached hydrogens (tertiary/aromatic N) is 3. The summed E-state index contributed by atoms with van der Waals surface area (Å²) in [5, 5.41) is 5.36. The summed E-state index contributed by atoms with van der Waals surface area (Å²) in [6.07, 6.45) is 2.17. The fourth-order valence-electron chi connectivity index (χ4n) is 4.51. The largest absolute Gasteiger partial charge is 0.497 e. The third-order valence-corrected chi connectivity index (χ3v) is 6.46. The molecule has 2 heterocycles. The van der Waals surface area contributed by atoms with Gasteiger partial charge >= 0.3 is 0 Å². The first kappa shape index (κ1) is 22.2. The van der Waals surface area contributed by atoms with Crippen LogP contribution >= 0.6 is 11.6 Å². The van der Waals surface area contributed by atoms with Gasteiger partial charge in [-0.1, -0.05) is 11.6 Å². The summed E-state index contributed by atoms with van der Waals surface area (Å²) >= 11 is 6.03. The van der Waals surface area contributed by atoms with E-state index in [4.69, 9.17) is 21.1 Å². The minimum atomic E-state index is -0.0283. The van der Waals surface area contributed by atoms with Crippen molar-refractivity contribution in [2.45, 2.75) is 39.2 Å². The van der Waals surface area contributed by atoms with Crippen molar-refractivity contribution in [1.29, 1.82) is 0 Å². The van der Waals surface area contributed by atoms with Crippen LogP contribution in [0.15, 0.2) is 42.5 Å². The lowest BCUT2D eigenvalue weighted by atomic mass is 10.0. The van der Waals surface area contributed by atoms with E-state index in [1.54, 1.807) is 14.2 Å². The normalized spacial score (nSPS) is 15.8. The quantitative estimate of drug-likeness (QED) is 0.523.